The van der Waals surface area contributed by atoms with Crippen LogP contribution in [0.1, 0.15) is 31.2 Å². The molecule has 1 aliphatic heterocycles. The van der Waals surface area contributed by atoms with E-state index in [4.69, 9.17) is 21.1 Å². The Morgan fingerprint density at radius 1 is 1.00 bits per heavy atom. The first kappa shape index (κ1) is 31.3. The van der Waals surface area contributed by atoms with Gasteiger partial charge in [-0.2, -0.15) is 18.3 Å². The molecule has 0 radical (unpaired) electrons. The number of rotatable bonds is 8. The van der Waals surface area contributed by atoms with Crippen molar-refractivity contribution < 1.29 is 27.4 Å². The number of H-pyrrole nitrogens is 1. The summed E-state index contributed by atoms with van der Waals surface area (Å²) in [6.07, 6.45) is 5.88. The van der Waals surface area contributed by atoms with Crippen molar-refractivity contribution in [3.05, 3.63) is 47.8 Å². The fourth-order valence-corrected chi connectivity index (χ4v) is 5.61. The van der Waals surface area contributed by atoms with Crippen molar-refractivity contribution in [1.82, 2.24) is 45.0 Å². The second-order valence-corrected chi connectivity index (χ2v) is 11.2. The number of aromatic amines is 1. The van der Waals surface area contributed by atoms with Crippen LogP contribution in [-0.2, 0) is 10.9 Å². The first-order chi connectivity index (χ1) is 22.1. The van der Waals surface area contributed by atoms with E-state index >= 15 is 0 Å². The number of amides is 2. The van der Waals surface area contributed by atoms with E-state index in [0.29, 0.717) is 55.8 Å². The zero-order chi connectivity index (χ0) is 32.4. The molecule has 1 saturated carbocycles. The highest BCUT2D eigenvalue weighted by molar-refractivity contribution is 6.32. The number of alkyl halides is 3. The molecule has 6 rings (SSSR count). The summed E-state index contributed by atoms with van der Waals surface area (Å²) in [5, 5.41) is 9.46. The maximum Gasteiger partial charge on any atom is 0.420 e. The van der Waals surface area contributed by atoms with E-state index < -0.39 is 17.4 Å². The predicted octanol–water partition coefficient (Wildman–Crippen LogP) is 4.47. The summed E-state index contributed by atoms with van der Waals surface area (Å²) in [4.78, 5) is 42.5. The third-order valence-corrected chi connectivity index (χ3v) is 8.25. The van der Waals surface area contributed by atoms with Crippen LogP contribution in [0.25, 0.3) is 22.6 Å². The summed E-state index contributed by atoms with van der Waals surface area (Å²) in [6, 6.07) is -0.334. The van der Waals surface area contributed by atoms with Crippen molar-refractivity contribution in [3.63, 3.8) is 0 Å². The van der Waals surface area contributed by atoms with Crippen LogP contribution in [0.4, 0.5) is 29.7 Å². The Hall–Kier alpha value is -4.64. The number of methoxy groups -OCH3 is 2. The summed E-state index contributed by atoms with van der Waals surface area (Å²) in [5.41, 5.74) is -0.418. The van der Waals surface area contributed by atoms with Crippen LogP contribution in [0.2, 0.25) is 5.02 Å². The first-order valence-corrected chi connectivity index (χ1v) is 14.7. The first-order valence-electron chi connectivity index (χ1n) is 14.3. The van der Waals surface area contributed by atoms with Crippen molar-refractivity contribution in [2.24, 2.45) is 0 Å². The van der Waals surface area contributed by atoms with E-state index in [9.17, 15) is 18.0 Å². The van der Waals surface area contributed by atoms with Crippen LogP contribution in [0.5, 0.6) is 6.01 Å². The SMILES string of the molecule is COc1ncc(-c2cnc(N(C(=O)N3CC(OC)C3)[C@H]3CC[C@H](Nc4ncc(C(F)(F)F)c(-c5n[nH]cc5Cl)n4)CC3)cn2)cn1. The third-order valence-electron chi connectivity index (χ3n) is 7.96. The Balaban J connectivity index is 1.18. The minimum Gasteiger partial charge on any atom is -0.467 e. The molecule has 0 spiro atoms. The minimum atomic E-state index is -4.70. The van der Waals surface area contributed by atoms with Crippen LogP contribution in [0, 0.1) is 0 Å². The number of halogens is 4. The number of anilines is 2. The fourth-order valence-electron chi connectivity index (χ4n) is 5.43. The quantitative estimate of drug-likeness (QED) is 0.275. The lowest BCUT2D eigenvalue weighted by molar-refractivity contribution is -0.137. The largest absolute Gasteiger partial charge is 0.467 e. The average Bonchev–Trinajstić information content (AvgIpc) is 3.47. The molecular weight excluding hydrogens is 631 g/mol. The van der Waals surface area contributed by atoms with Crippen LogP contribution in [0.15, 0.2) is 37.2 Å². The molecule has 2 N–H and O–H groups in total. The highest BCUT2D eigenvalue weighted by Gasteiger charge is 2.39. The Morgan fingerprint density at radius 2 is 1.74 bits per heavy atom. The Bertz CT molecular complexity index is 1660. The summed E-state index contributed by atoms with van der Waals surface area (Å²) >= 11 is 6.06. The normalized spacial score (nSPS) is 18.6. The van der Waals surface area contributed by atoms with Gasteiger partial charge in [-0.05, 0) is 25.7 Å². The van der Waals surface area contributed by atoms with E-state index in [1.165, 1.54) is 13.3 Å². The molecule has 46 heavy (non-hydrogen) atoms. The van der Waals surface area contributed by atoms with Gasteiger partial charge < -0.3 is 19.7 Å². The molecule has 2 fully saturated rings. The molecule has 2 aliphatic rings. The molecule has 0 unspecified atom stereocenters. The second-order valence-electron chi connectivity index (χ2n) is 10.8. The van der Waals surface area contributed by atoms with E-state index in [2.05, 4.69) is 45.4 Å². The third kappa shape index (κ3) is 6.50. The van der Waals surface area contributed by atoms with Gasteiger partial charge in [0.15, 0.2) is 5.82 Å². The zero-order valence-corrected chi connectivity index (χ0v) is 25.5. The highest BCUT2D eigenvalue weighted by Crippen LogP contribution is 2.38. The zero-order valence-electron chi connectivity index (χ0n) is 24.7. The maximum absolute atomic E-state index is 13.7. The van der Waals surface area contributed by atoms with Crippen molar-refractivity contribution in [2.75, 3.05) is 37.5 Å². The van der Waals surface area contributed by atoms with E-state index in [1.807, 2.05) is 0 Å². The molecule has 5 heterocycles. The summed E-state index contributed by atoms with van der Waals surface area (Å²) in [6.45, 7) is 0.927. The van der Waals surface area contributed by atoms with Gasteiger partial charge in [0.05, 0.1) is 49.4 Å². The molecule has 4 aromatic rings. The maximum atomic E-state index is 13.7. The average molecular weight is 660 g/mol. The molecule has 14 nitrogen and oxygen atoms in total. The van der Waals surface area contributed by atoms with Crippen LogP contribution >= 0.6 is 11.6 Å². The molecule has 1 saturated heterocycles. The van der Waals surface area contributed by atoms with Crippen LogP contribution in [-0.4, -0.2) is 96.5 Å². The lowest BCUT2D eigenvalue weighted by atomic mass is 9.90. The number of nitrogens with one attached hydrogen (secondary N) is 2. The number of carbonyl (C=O) groups excluding carboxylic acids is 1. The van der Waals surface area contributed by atoms with Crippen molar-refractivity contribution in [3.8, 4) is 28.7 Å². The topological polar surface area (TPSA) is 160 Å². The number of ether oxygens (including phenoxy) is 2. The molecule has 4 aromatic heterocycles. The Labute approximate surface area is 265 Å². The molecule has 242 valence electrons. The van der Waals surface area contributed by atoms with E-state index in [-0.39, 0.29) is 46.9 Å². The summed E-state index contributed by atoms with van der Waals surface area (Å²) in [5.74, 6) is 0.417. The molecule has 0 bridgehead atoms. The van der Waals surface area contributed by atoms with Gasteiger partial charge in [0, 0.05) is 49.5 Å². The van der Waals surface area contributed by atoms with Gasteiger partial charge in [-0.15, -0.1) is 0 Å². The van der Waals surface area contributed by atoms with Gasteiger partial charge in [-0.25, -0.2) is 29.7 Å². The molecule has 1 aliphatic carbocycles. The Kier molecular flexibility index (Phi) is 8.86. The predicted molar refractivity (Wildman–Crippen MR) is 159 cm³/mol. The summed E-state index contributed by atoms with van der Waals surface area (Å²) < 4.78 is 51.5. The number of carbonyl (C=O) groups is 1. The monoisotopic (exact) mass is 659 g/mol. The second kappa shape index (κ2) is 13.0. The van der Waals surface area contributed by atoms with Crippen molar-refractivity contribution in [1.29, 1.82) is 0 Å². The number of urea groups is 1. The molecular formula is C28H29ClF3N11O3. The van der Waals surface area contributed by atoms with Gasteiger partial charge in [0.1, 0.15) is 17.0 Å². The molecule has 0 atom stereocenters. The summed E-state index contributed by atoms with van der Waals surface area (Å²) in [7, 11) is 3.08. The van der Waals surface area contributed by atoms with Gasteiger partial charge in [-0.1, -0.05) is 11.6 Å². The van der Waals surface area contributed by atoms with Crippen LogP contribution < -0.4 is 15.0 Å². The smallest absolute Gasteiger partial charge is 0.420 e. The Morgan fingerprint density at radius 3 is 2.33 bits per heavy atom. The van der Waals surface area contributed by atoms with Gasteiger partial charge in [0.2, 0.25) is 5.95 Å². The number of nitrogens with zero attached hydrogens (tertiary/aromatic N) is 9. The number of likely N-dealkylation sites (tertiary alicyclic amines) is 1. The standard InChI is InChI=1S/C28H29ClF3N11O3/c1-45-18-13-42(14-18)27(44)43(22-12-33-21(11-34-22)15-7-36-26(46-2)37-8-15)17-5-3-16(4-6-17)39-25-35-9-19(28(30,31)32)23(40-25)24-20(29)10-38-41-24/h7-12,16-18H,3-6,13-14H2,1-2H3,(H,38,41)(H,35,39,40)/t16-,17-. The van der Waals surface area contributed by atoms with Gasteiger partial charge in [0.25, 0.3) is 0 Å². The lowest BCUT2D eigenvalue weighted by Gasteiger charge is -2.44. The van der Waals surface area contributed by atoms with Crippen LogP contribution in [0.3, 0.4) is 0 Å². The van der Waals surface area contributed by atoms with Gasteiger partial charge in [-0.3, -0.25) is 15.0 Å². The molecule has 2 amide bonds. The number of hydrogen-bond donors (Lipinski definition) is 2. The fraction of sp³-hybridized carbons (Fsp3) is 0.429. The van der Waals surface area contributed by atoms with E-state index in [1.54, 1.807) is 41.7 Å². The van der Waals surface area contributed by atoms with Crippen molar-refractivity contribution >= 4 is 29.4 Å². The van der Waals surface area contributed by atoms with Gasteiger partial charge >= 0.3 is 18.2 Å². The van der Waals surface area contributed by atoms with Crippen molar-refractivity contribution in [2.45, 2.75) is 50.0 Å². The van der Waals surface area contributed by atoms with E-state index in [0.717, 1.165) is 6.20 Å². The lowest BCUT2D eigenvalue weighted by Crippen LogP contribution is -2.60. The minimum absolute atomic E-state index is 0.00732. The number of hydrogen-bond acceptors (Lipinski definition) is 11. The molecule has 18 heteroatoms. The molecule has 0 aromatic carbocycles. The highest BCUT2D eigenvalue weighted by atomic mass is 35.5. The number of aromatic nitrogens is 8.